The van der Waals surface area contributed by atoms with Gasteiger partial charge in [0.05, 0.1) is 0 Å². The number of carbonyl (C=O) groups is 2. The molecule has 0 spiro atoms. The summed E-state index contributed by atoms with van der Waals surface area (Å²) in [5.74, 6) is -0.0672. The molecule has 0 aromatic rings. The zero-order valence-electron chi connectivity index (χ0n) is 6.63. The summed E-state index contributed by atoms with van der Waals surface area (Å²) < 4.78 is 0. The van der Waals surface area contributed by atoms with E-state index in [0.29, 0.717) is 0 Å². The molecule has 0 amide bonds. The van der Waals surface area contributed by atoms with E-state index in [1.807, 2.05) is 0 Å². The second-order valence-electron chi connectivity index (χ2n) is 2.05. The second kappa shape index (κ2) is 5.41. The molecule has 0 saturated heterocycles. The minimum Gasteiger partial charge on any atom is -0.367 e. The van der Waals surface area contributed by atoms with Crippen LogP contribution in [0.5, 0.6) is 0 Å². The molecule has 0 radical (unpaired) electrons. The Labute approximate surface area is 65.8 Å². The van der Waals surface area contributed by atoms with Crippen molar-refractivity contribution < 1.29 is 9.59 Å². The van der Waals surface area contributed by atoms with Crippen molar-refractivity contribution in [2.24, 2.45) is 0 Å². The van der Waals surface area contributed by atoms with Crippen molar-refractivity contribution in [2.45, 2.75) is 13.8 Å². The van der Waals surface area contributed by atoms with Gasteiger partial charge in [0.2, 0.25) is 0 Å². The van der Waals surface area contributed by atoms with E-state index in [0.717, 1.165) is 0 Å². The van der Waals surface area contributed by atoms with Gasteiger partial charge in [-0.3, -0.25) is 9.59 Å². The van der Waals surface area contributed by atoms with Crippen molar-refractivity contribution in [1.82, 2.24) is 5.32 Å². The van der Waals surface area contributed by atoms with Gasteiger partial charge in [0, 0.05) is 12.4 Å². The normalized spacial score (nSPS) is 10.7. The molecule has 3 nitrogen and oxygen atoms in total. The summed E-state index contributed by atoms with van der Waals surface area (Å²) in [6, 6.07) is 0. The predicted octanol–water partition coefficient (Wildman–Crippen LogP) is 0.781. The molecule has 0 aromatic carbocycles. The number of allylic oxidation sites excluding steroid dienone is 2. The van der Waals surface area contributed by atoms with E-state index in [4.69, 9.17) is 0 Å². The molecule has 0 atom stereocenters. The third kappa shape index (κ3) is 8.62. The molecule has 1 N–H and O–H groups in total. The number of rotatable bonds is 4. The summed E-state index contributed by atoms with van der Waals surface area (Å²) in [5.41, 5.74) is 0. The quantitative estimate of drug-likeness (QED) is 0.607. The average molecular weight is 153 g/mol. The van der Waals surface area contributed by atoms with E-state index in [-0.39, 0.29) is 11.6 Å². The summed E-state index contributed by atoms with van der Waals surface area (Å²) in [7, 11) is 0. The highest BCUT2D eigenvalue weighted by atomic mass is 16.1. The highest BCUT2D eigenvalue weighted by Gasteiger charge is 1.79. The van der Waals surface area contributed by atoms with Gasteiger partial charge in [0.1, 0.15) is 0 Å². The molecule has 0 heterocycles. The van der Waals surface area contributed by atoms with Gasteiger partial charge in [-0.25, -0.2) is 0 Å². The lowest BCUT2D eigenvalue weighted by Gasteiger charge is -1.85. The van der Waals surface area contributed by atoms with Crippen LogP contribution in [0.15, 0.2) is 24.6 Å². The van der Waals surface area contributed by atoms with Crippen molar-refractivity contribution in [1.29, 1.82) is 0 Å². The maximum atomic E-state index is 10.3. The topological polar surface area (TPSA) is 46.2 Å². The summed E-state index contributed by atoms with van der Waals surface area (Å²) >= 11 is 0. The lowest BCUT2D eigenvalue weighted by molar-refractivity contribution is -0.113. The standard InChI is InChI=1S/C8H11NO2/c1-7(10)3-5-9-6-4-8(2)11/h3-6,9H,1-2H3/b5-3+,6-4+. The molecule has 0 aliphatic carbocycles. The Hall–Kier alpha value is -1.38. The van der Waals surface area contributed by atoms with Gasteiger partial charge in [0.15, 0.2) is 11.6 Å². The summed E-state index contributed by atoms with van der Waals surface area (Å²) in [6.07, 6.45) is 5.71. The van der Waals surface area contributed by atoms with Crippen LogP contribution >= 0.6 is 0 Å². The molecule has 0 saturated carbocycles. The number of hydrogen-bond donors (Lipinski definition) is 1. The highest BCUT2D eigenvalue weighted by Crippen LogP contribution is 1.73. The molecular weight excluding hydrogens is 142 g/mol. The number of nitrogens with one attached hydrogen (secondary N) is 1. The van der Waals surface area contributed by atoms with Gasteiger partial charge in [-0.05, 0) is 26.0 Å². The van der Waals surface area contributed by atoms with E-state index in [1.165, 1.54) is 38.4 Å². The molecule has 11 heavy (non-hydrogen) atoms. The van der Waals surface area contributed by atoms with Crippen molar-refractivity contribution in [3.8, 4) is 0 Å². The SMILES string of the molecule is CC(=O)/C=C/N/C=C/C(C)=O. The number of ketones is 2. The summed E-state index contributed by atoms with van der Waals surface area (Å²) in [6.45, 7) is 2.90. The maximum absolute atomic E-state index is 10.3. The van der Waals surface area contributed by atoms with Gasteiger partial charge >= 0.3 is 0 Å². The van der Waals surface area contributed by atoms with Gasteiger partial charge in [0.25, 0.3) is 0 Å². The fourth-order valence-electron chi connectivity index (χ4n) is 0.386. The van der Waals surface area contributed by atoms with Crippen LogP contribution in [0.3, 0.4) is 0 Å². The summed E-state index contributed by atoms with van der Waals surface area (Å²) in [5, 5.41) is 2.65. The Morgan fingerprint density at radius 3 is 1.64 bits per heavy atom. The van der Waals surface area contributed by atoms with Gasteiger partial charge < -0.3 is 5.32 Å². The highest BCUT2D eigenvalue weighted by molar-refractivity contribution is 5.87. The molecule has 0 rings (SSSR count). The monoisotopic (exact) mass is 153 g/mol. The van der Waals surface area contributed by atoms with Gasteiger partial charge in [-0.1, -0.05) is 0 Å². The van der Waals surface area contributed by atoms with Gasteiger partial charge in [-0.15, -0.1) is 0 Å². The molecule has 0 fully saturated rings. The van der Waals surface area contributed by atoms with Crippen LogP contribution in [0.4, 0.5) is 0 Å². The Balaban J connectivity index is 3.57. The van der Waals surface area contributed by atoms with E-state index < -0.39 is 0 Å². The minimum atomic E-state index is -0.0336. The van der Waals surface area contributed by atoms with Crippen LogP contribution in [-0.2, 0) is 9.59 Å². The van der Waals surface area contributed by atoms with E-state index in [2.05, 4.69) is 5.32 Å². The second-order valence-corrected chi connectivity index (χ2v) is 2.05. The van der Waals surface area contributed by atoms with Crippen LogP contribution in [0.25, 0.3) is 0 Å². The van der Waals surface area contributed by atoms with Gasteiger partial charge in [-0.2, -0.15) is 0 Å². The van der Waals surface area contributed by atoms with Crippen molar-refractivity contribution >= 4 is 11.6 Å². The summed E-state index contributed by atoms with van der Waals surface area (Å²) in [4.78, 5) is 20.6. The van der Waals surface area contributed by atoms with Crippen LogP contribution in [0.1, 0.15) is 13.8 Å². The average Bonchev–Trinajstić information content (AvgIpc) is 1.85. The molecule has 0 unspecified atom stereocenters. The van der Waals surface area contributed by atoms with Crippen LogP contribution in [0.2, 0.25) is 0 Å². The third-order valence-corrected chi connectivity index (χ3v) is 0.829. The Bertz CT molecular complexity index is 182. The van der Waals surface area contributed by atoms with Crippen LogP contribution in [0, 0.1) is 0 Å². The first-order chi connectivity index (χ1) is 5.13. The largest absolute Gasteiger partial charge is 0.367 e. The van der Waals surface area contributed by atoms with Crippen molar-refractivity contribution in [2.75, 3.05) is 0 Å². The Kier molecular flexibility index (Phi) is 4.73. The lowest BCUT2D eigenvalue weighted by Crippen LogP contribution is -1.95. The third-order valence-electron chi connectivity index (χ3n) is 0.829. The van der Waals surface area contributed by atoms with Crippen LogP contribution in [-0.4, -0.2) is 11.6 Å². The molecule has 3 heteroatoms. The maximum Gasteiger partial charge on any atom is 0.154 e. The molecule has 60 valence electrons. The molecule has 0 aliphatic heterocycles. The molecular formula is C8H11NO2. The first-order valence-electron chi connectivity index (χ1n) is 3.23. The van der Waals surface area contributed by atoms with Crippen LogP contribution < -0.4 is 5.32 Å². The predicted molar refractivity (Wildman–Crippen MR) is 42.8 cm³/mol. The fraction of sp³-hybridized carbons (Fsp3) is 0.250. The molecule has 0 bridgehead atoms. The van der Waals surface area contributed by atoms with E-state index in [1.54, 1.807) is 0 Å². The number of hydrogen-bond acceptors (Lipinski definition) is 3. The fourth-order valence-corrected chi connectivity index (χ4v) is 0.386. The zero-order chi connectivity index (χ0) is 8.69. The number of carbonyl (C=O) groups excluding carboxylic acids is 2. The molecule has 0 aliphatic rings. The van der Waals surface area contributed by atoms with Crippen molar-refractivity contribution in [3.63, 3.8) is 0 Å². The molecule has 0 aromatic heterocycles. The first kappa shape index (κ1) is 9.62. The Morgan fingerprint density at radius 1 is 1.00 bits per heavy atom. The first-order valence-corrected chi connectivity index (χ1v) is 3.23. The van der Waals surface area contributed by atoms with E-state index >= 15 is 0 Å². The smallest absolute Gasteiger partial charge is 0.154 e. The lowest BCUT2D eigenvalue weighted by atomic mass is 10.4. The van der Waals surface area contributed by atoms with E-state index in [9.17, 15) is 9.59 Å². The Morgan fingerprint density at radius 2 is 1.36 bits per heavy atom. The van der Waals surface area contributed by atoms with Crippen molar-refractivity contribution in [3.05, 3.63) is 24.6 Å². The zero-order valence-corrected chi connectivity index (χ0v) is 6.63. The minimum absolute atomic E-state index is 0.0336.